The summed E-state index contributed by atoms with van der Waals surface area (Å²) >= 11 is 0. The van der Waals surface area contributed by atoms with Gasteiger partial charge >= 0.3 is 5.97 Å². The van der Waals surface area contributed by atoms with Crippen molar-refractivity contribution >= 4 is 28.8 Å². The maximum atomic E-state index is 11.2. The lowest BCUT2D eigenvalue weighted by Gasteiger charge is -2.13. The number of rotatable bonds is 4. The van der Waals surface area contributed by atoms with Crippen LogP contribution in [0.5, 0.6) is 0 Å². The molecule has 1 N–H and O–H groups in total. The van der Waals surface area contributed by atoms with Crippen LogP contribution in [0.25, 0.3) is 16.6 Å². The molecule has 0 radical (unpaired) electrons. The van der Waals surface area contributed by atoms with Crippen LogP contribution in [0, 0.1) is 20.8 Å². The molecule has 4 aromatic rings. The van der Waals surface area contributed by atoms with Crippen molar-refractivity contribution in [3.63, 3.8) is 0 Å². The molecule has 29 heavy (non-hydrogen) atoms. The molecule has 5 nitrogen and oxygen atoms in total. The number of carbonyl (C=O) groups is 1. The predicted molar refractivity (Wildman–Crippen MR) is 116 cm³/mol. The van der Waals surface area contributed by atoms with Gasteiger partial charge in [0.2, 0.25) is 0 Å². The normalized spacial score (nSPS) is 11.4. The fourth-order valence-corrected chi connectivity index (χ4v) is 3.62. The van der Waals surface area contributed by atoms with Crippen molar-refractivity contribution < 1.29 is 9.90 Å². The van der Waals surface area contributed by atoms with Crippen LogP contribution in [0.3, 0.4) is 0 Å². The van der Waals surface area contributed by atoms with E-state index in [1.165, 1.54) is 0 Å². The molecule has 0 bridgehead atoms. The summed E-state index contributed by atoms with van der Waals surface area (Å²) in [4.78, 5) is 20.2. The first-order chi connectivity index (χ1) is 13.9. The Hall–Kier alpha value is -3.73. The molecule has 0 atom stereocenters. The highest BCUT2D eigenvalue weighted by molar-refractivity contribution is 5.89. The minimum atomic E-state index is -0.918. The number of nitrogens with zero attached hydrogens (tertiary/aromatic N) is 3. The van der Waals surface area contributed by atoms with Crippen molar-refractivity contribution in [2.75, 3.05) is 0 Å². The van der Waals surface area contributed by atoms with E-state index < -0.39 is 5.97 Å². The van der Waals surface area contributed by atoms with Crippen LogP contribution in [0.15, 0.2) is 65.8 Å². The molecule has 0 amide bonds. The van der Waals surface area contributed by atoms with Gasteiger partial charge in [-0.2, -0.15) is 0 Å². The number of carboxylic acids is 1. The molecule has 0 saturated carbocycles. The monoisotopic (exact) mass is 383 g/mol. The third-order valence-corrected chi connectivity index (χ3v) is 5.09. The maximum Gasteiger partial charge on any atom is 0.335 e. The van der Waals surface area contributed by atoms with Gasteiger partial charge in [-0.25, -0.2) is 4.79 Å². The van der Waals surface area contributed by atoms with Gasteiger partial charge in [0.05, 0.1) is 16.8 Å². The van der Waals surface area contributed by atoms with Crippen LogP contribution in [0.1, 0.15) is 32.9 Å². The molecular formula is C24H21N3O2. The van der Waals surface area contributed by atoms with Gasteiger partial charge in [-0.15, -0.1) is 0 Å². The minimum absolute atomic E-state index is 0.293. The molecule has 0 aliphatic rings. The molecule has 0 spiro atoms. The first-order valence-corrected chi connectivity index (χ1v) is 9.36. The maximum absolute atomic E-state index is 11.2. The number of aromatic carboxylic acids is 1. The Morgan fingerprint density at radius 2 is 1.90 bits per heavy atom. The van der Waals surface area contributed by atoms with E-state index in [9.17, 15) is 9.90 Å². The molecule has 144 valence electrons. The summed E-state index contributed by atoms with van der Waals surface area (Å²) in [6, 6.07) is 17.2. The highest BCUT2D eigenvalue weighted by Crippen LogP contribution is 2.25. The van der Waals surface area contributed by atoms with Gasteiger partial charge in [0, 0.05) is 40.4 Å². The van der Waals surface area contributed by atoms with E-state index in [1.807, 2.05) is 63.4 Å². The van der Waals surface area contributed by atoms with Gasteiger partial charge < -0.3 is 9.67 Å². The van der Waals surface area contributed by atoms with Gasteiger partial charge in [0.15, 0.2) is 0 Å². The van der Waals surface area contributed by atoms with Crippen LogP contribution >= 0.6 is 0 Å². The number of aliphatic imine (C=N–C) groups is 1. The molecule has 2 aromatic carbocycles. The number of fused-ring (bicyclic) bond motifs is 1. The first kappa shape index (κ1) is 18.6. The van der Waals surface area contributed by atoms with Crippen LogP contribution in [-0.4, -0.2) is 26.8 Å². The summed E-state index contributed by atoms with van der Waals surface area (Å²) in [5.74, 6) is -0.918. The lowest BCUT2D eigenvalue weighted by atomic mass is 10.1. The van der Waals surface area contributed by atoms with Crippen molar-refractivity contribution in [1.82, 2.24) is 9.55 Å². The van der Waals surface area contributed by atoms with Crippen LogP contribution in [0.2, 0.25) is 0 Å². The first-order valence-electron chi connectivity index (χ1n) is 9.36. The highest BCUT2D eigenvalue weighted by atomic mass is 16.4. The van der Waals surface area contributed by atoms with E-state index in [-0.39, 0.29) is 0 Å². The standard InChI is InChI=1S/C24H21N3O2/c1-15-11-19(24(28)29)6-9-23(15)27-16(2)12-20(17(27)3)14-26-21-7-8-22-18(13-21)5-4-10-25-22/h4-14H,1-3H3,(H,28,29). The number of hydrogen-bond acceptors (Lipinski definition) is 3. The number of aryl methyl sites for hydroxylation is 2. The van der Waals surface area contributed by atoms with E-state index in [0.717, 1.165) is 44.8 Å². The molecule has 5 heteroatoms. The smallest absolute Gasteiger partial charge is 0.335 e. The summed E-state index contributed by atoms with van der Waals surface area (Å²) in [6.07, 6.45) is 3.66. The van der Waals surface area contributed by atoms with Crippen molar-refractivity contribution in [2.45, 2.75) is 20.8 Å². The molecule has 0 saturated heterocycles. The number of benzene rings is 2. The lowest BCUT2D eigenvalue weighted by molar-refractivity contribution is 0.0697. The third kappa shape index (κ3) is 3.55. The highest BCUT2D eigenvalue weighted by Gasteiger charge is 2.13. The van der Waals surface area contributed by atoms with E-state index in [0.29, 0.717) is 5.56 Å². The molecule has 0 fully saturated rings. The zero-order chi connectivity index (χ0) is 20.5. The van der Waals surface area contributed by atoms with E-state index in [4.69, 9.17) is 0 Å². The van der Waals surface area contributed by atoms with Gasteiger partial charge in [0.25, 0.3) is 0 Å². The lowest BCUT2D eigenvalue weighted by Crippen LogP contribution is -2.04. The molecule has 0 aliphatic carbocycles. The quantitative estimate of drug-likeness (QED) is 0.480. The summed E-state index contributed by atoms with van der Waals surface area (Å²) in [6.45, 7) is 6.01. The van der Waals surface area contributed by atoms with Crippen molar-refractivity contribution in [3.8, 4) is 5.69 Å². The zero-order valence-electron chi connectivity index (χ0n) is 16.5. The molecule has 2 heterocycles. The fourth-order valence-electron chi connectivity index (χ4n) is 3.62. The Kier molecular flexibility index (Phi) is 4.72. The largest absolute Gasteiger partial charge is 0.478 e. The van der Waals surface area contributed by atoms with Crippen LogP contribution in [-0.2, 0) is 0 Å². The number of hydrogen-bond donors (Lipinski definition) is 1. The summed E-state index contributed by atoms with van der Waals surface area (Å²) in [7, 11) is 0. The Morgan fingerprint density at radius 1 is 1.07 bits per heavy atom. The van der Waals surface area contributed by atoms with E-state index in [2.05, 4.69) is 20.6 Å². The minimum Gasteiger partial charge on any atom is -0.478 e. The Bertz CT molecular complexity index is 1270. The van der Waals surface area contributed by atoms with E-state index >= 15 is 0 Å². The molecule has 0 unspecified atom stereocenters. The second-order valence-electron chi connectivity index (χ2n) is 7.11. The van der Waals surface area contributed by atoms with Crippen LogP contribution in [0.4, 0.5) is 5.69 Å². The second-order valence-corrected chi connectivity index (χ2v) is 7.11. The zero-order valence-corrected chi connectivity index (χ0v) is 16.5. The Balaban J connectivity index is 1.70. The average molecular weight is 383 g/mol. The molecule has 0 aliphatic heterocycles. The van der Waals surface area contributed by atoms with Gasteiger partial charge in [-0.1, -0.05) is 6.07 Å². The van der Waals surface area contributed by atoms with E-state index in [1.54, 1.807) is 18.3 Å². The van der Waals surface area contributed by atoms with Gasteiger partial charge in [-0.3, -0.25) is 9.98 Å². The molecule has 4 rings (SSSR count). The van der Waals surface area contributed by atoms with Crippen LogP contribution < -0.4 is 0 Å². The van der Waals surface area contributed by atoms with Crippen molar-refractivity contribution in [1.29, 1.82) is 0 Å². The number of aromatic nitrogens is 2. The van der Waals surface area contributed by atoms with Gasteiger partial charge in [0.1, 0.15) is 0 Å². The summed E-state index contributed by atoms with van der Waals surface area (Å²) in [5, 5.41) is 10.3. The Labute approximate surface area is 169 Å². The predicted octanol–water partition coefficient (Wildman–Crippen LogP) is 5.40. The third-order valence-electron chi connectivity index (χ3n) is 5.09. The average Bonchev–Trinajstić information content (AvgIpc) is 2.99. The molecular weight excluding hydrogens is 362 g/mol. The molecule has 2 aromatic heterocycles. The SMILES string of the molecule is Cc1cc(C(=O)O)ccc1-n1c(C)cc(C=Nc2ccc3ncccc3c2)c1C. The van der Waals surface area contributed by atoms with Crippen molar-refractivity contribution in [2.24, 2.45) is 4.99 Å². The second kappa shape index (κ2) is 7.36. The Morgan fingerprint density at radius 3 is 2.66 bits per heavy atom. The van der Waals surface area contributed by atoms with Gasteiger partial charge in [-0.05, 0) is 74.9 Å². The fraction of sp³-hybridized carbons (Fsp3) is 0.125. The number of carboxylic acid groups (broad SMARTS) is 1. The van der Waals surface area contributed by atoms with Crippen molar-refractivity contribution in [3.05, 3.63) is 88.9 Å². The summed E-state index contributed by atoms with van der Waals surface area (Å²) in [5.41, 5.74) is 7.15. The summed E-state index contributed by atoms with van der Waals surface area (Å²) < 4.78 is 2.13. The number of pyridine rings is 1. The topological polar surface area (TPSA) is 67.5 Å².